The number of hydrogen-bond donors (Lipinski definition) is 0. The van der Waals surface area contributed by atoms with Crippen molar-refractivity contribution in [3.8, 4) is 0 Å². The summed E-state index contributed by atoms with van der Waals surface area (Å²) < 4.78 is 0. The quantitative estimate of drug-likeness (QED) is 0.399. The summed E-state index contributed by atoms with van der Waals surface area (Å²) >= 11 is 0. The number of carbonyl (C=O) groups excluding carboxylic acids is 1. The van der Waals surface area contributed by atoms with Crippen LogP contribution in [0, 0.1) is 36.3 Å². The molecule has 0 bridgehead atoms. The molecule has 1 aliphatic heterocycles. The number of hydroxylamine groups is 2. The SMILES string of the molecule is CC(C)C(=O)ON1C(C)(C)CC(O[N+](=O)[O-])C(O[N+](=O)[O-])C(O[N+](=O)[O-])C1(C)C. The Balaban J connectivity index is 3.60. The molecule has 0 N–H and O–H groups in total. The Bertz CT molecular complexity index is 666. The molecule has 1 saturated heterocycles. The summed E-state index contributed by atoms with van der Waals surface area (Å²) in [6, 6.07) is 0. The van der Waals surface area contributed by atoms with Crippen molar-refractivity contribution in [3.05, 3.63) is 30.3 Å². The van der Waals surface area contributed by atoms with Crippen LogP contribution in [0.15, 0.2) is 0 Å². The van der Waals surface area contributed by atoms with E-state index in [1.165, 1.54) is 27.7 Å². The fraction of sp³-hybridized carbons (Fsp3) is 0.929. The zero-order valence-corrected chi connectivity index (χ0v) is 16.8. The van der Waals surface area contributed by atoms with Gasteiger partial charge < -0.3 is 19.4 Å². The first-order valence-corrected chi connectivity index (χ1v) is 8.55. The molecule has 29 heavy (non-hydrogen) atoms. The molecule has 166 valence electrons. The second kappa shape index (κ2) is 8.59. The van der Waals surface area contributed by atoms with Crippen molar-refractivity contribution in [2.75, 3.05) is 0 Å². The molecule has 0 aromatic heterocycles. The van der Waals surface area contributed by atoms with Crippen LogP contribution in [0.2, 0.25) is 0 Å². The van der Waals surface area contributed by atoms with E-state index in [-0.39, 0.29) is 6.42 Å². The number of hydrogen-bond acceptors (Lipinski definition) is 12. The van der Waals surface area contributed by atoms with E-state index in [0.717, 1.165) is 5.06 Å². The standard InChI is InChI=1S/C14H24N4O11/c1-8(2)12(19)29-15-13(3,4)7-9(26-16(20)21)10(27-17(22)23)11(14(15,5)6)28-18(24)25/h8-11H,7H2,1-6H3. The molecule has 0 spiro atoms. The van der Waals surface area contributed by atoms with Gasteiger partial charge in [0.1, 0.15) is 6.10 Å². The Morgan fingerprint density at radius 1 is 0.966 bits per heavy atom. The third-order valence-corrected chi connectivity index (χ3v) is 4.42. The van der Waals surface area contributed by atoms with Crippen molar-refractivity contribution in [2.24, 2.45) is 5.92 Å². The van der Waals surface area contributed by atoms with Crippen LogP contribution in [0.1, 0.15) is 48.0 Å². The Hall–Kier alpha value is -2.97. The maximum Gasteiger partial charge on any atom is 0.327 e. The van der Waals surface area contributed by atoms with Gasteiger partial charge in [0.05, 0.1) is 17.0 Å². The van der Waals surface area contributed by atoms with Gasteiger partial charge in [0.15, 0.2) is 12.2 Å². The van der Waals surface area contributed by atoms with Gasteiger partial charge in [-0.3, -0.25) is 4.79 Å². The van der Waals surface area contributed by atoms with Gasteiger partial charge in [-0.2, -0.15) is 0 Å². The van der Waals surface area contributed by atoms with E-state index in [1.807, 2.05) is 0 Å². The minimum absolute atomic E-state index is 0.321. The lowest BCUT2D eigenvalue weighted by Crippen LogP contribution is -2.62. The molecular weight excluding hydrogens is 400 g/mol. The minimum atomic E-state index is -1.88. The molecule has 3 atom stereocenters. The molecule has 1 aliphatic rings. The molecule has 15 nitrogen and oxygen atoms in total. The van der Waals surface area contributed by atoms with Gasteiger partial charge in [-0.25, -0.2) is 0 Å². The first-order valence-electron chi connectivity index (χ1n) is 8.55. The van der Waals surface area contributed by atoms with E-state index < -0.39 is 56.5 Å². The van der Waals surface area contributed by atoms with Gasteiger partial charge in [-0.15, -0.1) is 35.4 Å². The highest BCUT2D eigenvalue weighted by molar-refractivity contribution is 5.71. The molecule has 0 aliphatic carbocycles. The first-order chi connectivity index (χ1) is 13.1. The Labute approximate surface area is 165 Å². The normalized spacial score (nSPS) is 26.1. The Morgan fingerprint density at radius 2 is 1.45 bits per heavy atom. The summed E-state index contributed by atoms with van der Waals surface area (Å²) in [6.45, 7) is 8.89. The molecular formula is C14H24N4O11. The molecule has 1 rings (SSSR count). The predicted octanol–water partition coefficient (Wildman–Crippen LogP) is 1.09. The van der Waals surface area contributed by atoms with Gasteiger partial charge in [0.25, 0.3) is 15.3 Å². The van der Waals surface area contributed by atoms with Crippen LogP contribution in [0.4, 0.5) is 0 Å². The lowest BCUT2D eigenvalue weighted by Gasteiger charge is -2.46. The molecule has 0 aromatic rings. The van der Waals surface area contributed by atoms with Crippen molar-refractivity contribution in [2.45, 2.75) is 77.4 Å². The van der Waals surface area contributed by atoms with E-state index >= 15 is 0 Å². The monoisotopic (exact) mass is 424 g/mol. The molecule has 1 fully saturated rings. The van der Waals surface area contributed by atoms with E-state index in [1.54, 1.807) is 13.8 Å². The van der Waals surface area contributed by atoms with Crippen molar-refractivity contribution < 1.29 is 39.4 Å². The number of nitrogens with zero attached hydrogens (tertiary/aromatic N) is 4. The number of rotatable bonds is 8. The lowest BCUT2D eigenvalue weighted by atomic mass is 9.91. The van der Waals surface area contributed by atoms with Crippen LogP contribution in [-0.2, 0) is 24.1 Å². The Kier molecular flexibility index (Phi) is 7.13. The van der Waals surface area contributed by atoms with Crippen LogP contribution in [0.5, 0.6) is 0 Å². The highest BCUT2D eigenvalue weighted by atomic mass is 17.0. The average Bonchev–Trinajstić information content (AvgIpc) is 2.56. The molecule has 3 unspecified atom stereocenters. The smallest absolute Gasteiger partial charge is 0.327 e. The molecule has 15 heteroatoms. The minimum Gasteiger partial charge on any atom is -0.367 e. The highest BCUT2D eigenvalue weighted by Gasteiger charge is 2.58. The second-order valence-electron chi connectivity index (χ2n) is 7.94. The maximum atomic E-state index is 12.2. The second-order valence-corrected chi connectivity index (χ2v) is 7.94. The summed E-state index contributed by atoms with van der Waals surface area (Å²) in [7, 11) is 0. The van der Waals surface area contributed by atoms with Gasteiger partial charge in [0.2, 0.25) is 0 Å². The van der Waals surface area contributed by atoms with Crippen molar-refractivity contribution in [3.63, 3.8) is 0 Å². The van der Waals surface area contributed by atoms with Gasteiger partial charge in [0, 0.05) is 0 Å². The third-order valence-electron chi connectivity index (χ3n) is 4.42. The predicted molar refractivity (Wildman–Crippen MR) is 91.1 cm³/mol. The summed E-state index contributed by atoms with van der Waals surface area (Å²) in [6.07, 6.45) is -5.64. The summed E-state index contributed by atoms with van der Waals surface area (Å²) in [5.41, 5.74) is -2.82. The van der Waals surface area contributed by atoms with Crippen LogP contribution in [-0.4, -0.2) is 55.7 Å². The van der Waals surface area contributed by atoms with Gasteiger partial charge in [-0.1, -0.05) is 13.8 Å². The average molecular weight is 424 g/mol. The molecule has 1 heterocycles. The Morgan fingerprint density at radius 3 is 1.86 bits per heavy atom. The van der Waals surface area contributed by atoms with Crippen LogP contribution < -0.4 is 0 Å². The fourth-order valence-electron chi connectivity index (χ4n) is 3.33. The molecule has 0 aromatic carbocycles. The summed E-state index contributed by atoms with van der Waals surface area (Å²) in [4.78, 5) is 64.4. The van der Waals surface area contributed by atoms with E-state index in [4.69, 9.17) is 4.84 Å². The summed E-state index contributed by atoms with van der Waals surface area (Å²) in [5.74, 6) is -1.26. The zero-order valence-electron chi connectivity index (χ0n) is 16.8. The molecule has 0 saturated carbocycles. The van der Waals surface area contributed by atoms with Gasteiger partial charge >= 0.3 is 5.97 Å². The van der Waals surface area contributed by atoms with Crippen LogP contribution in [0.3, 0.4) is 0 Å². The maximum absolute atomic E-state index is 12.2. The largest absolute Gasteiger partial charge is 0.367 e. The van der Waals surface area contributed by atoms with Crippen LogP contribution in [0.25, 0.3) is 0 Å². The van der Waals surface area contributed by atoms with E-state index in [2.05, 4.69) is 14.5 Å². The molecule has 0 amide bonds. The molecule has 0 radical (unpaired) electrons. The fourth-order valence-corrected chi connectivity index (χ4v) is 3.33. The van der Waals surface area contributed by atoms with E-state index in [9.17, 15) is 35.1 Å². The topological polar surface area (TPSA) is 187 Å². The number of carbonyl (C=O) groups is 1. The van der Waals surface area contributed by atoms with Crippen molar-refractivity contribution in [1.82, 2.24) is 5.06 Å². The first kappa shape index (κ1) is 24.1. The van der Waals surface area contributed by atoms with Gasteiger partial charge in [-0.05, 0) is 34.1 Å². The van der Waals surface area contributed by atoms with Crippen molar-refractivity contribution >= 4 is 5.97 Å². The lowest BCUT2D eigenvalue weighted by molar-refractivity contribution is -0.817. The van der Waals surface area contributed by atoms with Crippen LogP contribution >= 0.6 is 0 Å². The summed E-state index contributed by atoms with van der Waals surface area (Å²) in [5, 5.41) is 30.4. The zero-order chi connectivity index (χ0) is 22.7. The highest BCUT2D eigenvalue weighted by Crippen LogP contribution is 2.41. The van der Waals surface area contributed by atoms with E-state index in [0.29, 0.717) is 0 Å². The van der Waals surface area contributed by atoms with Crippen molar-refractivity contribution in [1.29, 1.82) is 0 Å². The third kappa shape index (κ3) is 5.75.